The SMILES string of the molecule is O=C(O)c1cccc(C(=O)N(C[C@@H]2CCOC2)C2CC2)n1. The maximum atomic E-state index is 12.6. The summed E-state index contributed by atoms with van der Waals surface area (Å²) in [6.45, 7) is 2.12. The lowest BCUT2D eigenvalue weighted by Gasteiger charge is -2.24. The summed E-state index contributed by atoms with van der Waals surface area (Å²) in [4.78, 5) is 29.4. The number of amides is 1. The number of rotatable bonds is 5. The van der Waals surface area contributed by atoms with E-state index in [1.807, 2.05) is 4.90 Å². The van der Waals surface area contributed by atoms with Gasteiger partial charge >= 0.3 is 5.97 Å². The summed E-state index contributed by atoms with van der Waals surface area (Å²) in [7, 11) is 0. The number of ether oxygens (including phenoxy) is 1. The van der Waals surface area contributed by atoms with Gasteiger partial charge in [0.05, 0.1) is 6.61 Å². The number of carboxylic acid groups (broad SMARTS) is 1. The topological polar surface area (TPSA) is 79.7 Å². The molecule has 112 valence electrons. The second-order valence-corrected chi connectivity index (χ2v) is 5.63. The molecule has 1 atom stereocenters. The van der Waals surface area contributed by atoms with Gasteiger partial charge < -0.3 is 14.7 Å². The molecule has 1 N–H and O–H groups in total. The smallest absolute Gasteiger partial charge is 0.354 e. The van der Waals surface area contributed by atoms with E-state index >= 15 is 0 Å². The Morgan fingerprint density at radius 1 is 1.29 bits per heavy atom. The van der Waals surface area contributed by atoms with E-state index in [-0.39, 0.29) is 23.3 Å². The quantitative estimate of drug-likeness (QED) is 0.887. The average Bonchev–Trinajstić information content (AvgIpc) is 3.20. The van der Waals surface area contributed by atoms with E-state index in [1.165, 1.54) is 6.07 Å². The molecule has 1 aliphatic carbocycles. The first-order chi connectivity index (χ1) is 10.1. The summed E-state index contributed by atoms with van der Waals surface area (Å²) in [6.07, 6.45) is 3.00. The predicted molar refractivity (Wildman–Crippen MR) is 74.2 cm³/mol. The van der Waals surface area contributed by atoms with Crippen LogP contribution in [-0.2, 0) is 4.74 Å². The molecule has 21 heavy (non-hydrogen) atoms. The van der Waals surface area contributed by atoms with Gasteiger partial charge in [-0.15, -0.1) is 0 Å². The largest absolute Gasteiger partial charge is 0.477 e. The lowest BCUT2D eigenvalue weighted by molar-refractivity contribution is 0.0687. The van der Waals surface area contributed by atoms with Crippen LogP contribution in [-0.4, -0.2) is 52.7 Å². The highest BCUT2D eigenvalue weighted by molar-refractivity contribution is 5.94. The van der Waals surface area contributed by atoms with E-state index in [4.69, 9.17) is 9.84 Å². The molecule has 0 radical (unpaired) electrons. The van der Waals surface area contributed by atoms with Gasteiger partial charge in [0.2, 0.25) is 0 Å². The molecule has 6 nitrogen and oxygen atoms in total. The fourth-order valence-corrected chi connectivity index (χ4v) is 2.61. The van der Waals surface area contributed by atoms with Crippen LogP contribution in [0, 0.1) is 5.92 Å². The van der Waals surface area contributed by atoms with Crippen molar-refractivity contribution >= 4 is 11.9 Å². The Hall–Kier alpha value is -1.95. The van der Waals surface area contributed by atoms with E-state index in [0.29, 0.717) is 19.1 Å². The normalized spacial score (nSPS) is 21.2. The Kier molecular flexibility index (Phi) is 3.88. The third-order valence-corrected chi connectivity index (χ3v) is 3.91. The molecule has 2 heterocycles. The third kappa shape index (κ3) is 3.21. The Labute approximate surface area is 122 Å². The van der Waals surface area contributed by atoms with Gasteiger partial charge in [-0.05, 0) is 31.4 Å². The van der Waals surface area contributed by atoms with Crippen LogP contribution in [0.2, 0.25) is 0 Å². The van der Waals surface area contributed by atoms with Crippen LogP contribution in [0.4, 0.5) is 0 Å². The summed E-state index contributed by atoms with van der Waals surface area (Å²) in [5.74, 6) is -0.920. The minimum atomic E-state index is -1.12. The first-order valence-electron chi connectivity index (χ1n) is 7.24. The molecule has 0 unspecified atom stereocenters. The lowest BCUT2D eigenvalue weighted by atomic mass is 10.1. The van der Waals surface area contributed by atoms with Crippen molar-refractivity contribution in [3.63, 3.8) is 0 Å². The molecule has 1 saturated carbocycles. The first kappa shape index (κ1) is 14.0. The van der Waals surface area contributed by atoms with Crippen molar-refractivity contribution in [1.82, 2.24) is 9.88 Å². The summed E-state index contributed by atoms with van der Waals surface area (Å²) >= 11 is 0. The van der Waals surface area contributed by atoms with Crippen molar-refractivity contribution < 1.29 is 19.4 Å². The summed E-state index contributed by atoms with van der Waals surface area (Å²) < 4.78 is 5.36. The molecule has 3 rings (SSSR count). The van der Waals surface area contributed by atoms with Crippen molar-refractivity contribution in [3.8, 4) is 0 Å². The molecule has 2 aliphatic rings. The number of hydrogen-bond donors (Lipinski definition) is 1. The van der Waals surface area contributed by atoms with Gasteiger partial charge in [0, 0.05) is 25.1 Å². The minimum absolute atomic E-state index is 0.0965. The molecule has 0 aromatic carbocycles. The van der Waals surface area contributed by atoms with Crippen LogP contribution in [0.25, 0.3) is 0 Å². The van der Waals surface area contributed by atoms with E-state index in [9.17, 15) is 9.59 Å². The number of aromatic nitrogens is 1. The zero-order valence-electron chi connectivity index (χ0n) is 11.7. The Bertz CT molecular complexity index is 550. The highest BCUT2D eigenvalue weighted by Gasteiger charge is 2.35. The number of hydrogen-bond acceptors (Lipinski definition) is 4. The first-order valence-corrected chi connectivity index (χ1v) is 7.24. The maximum Gasteiger partial charge on any atom is 0.354 e. The molecule has 6 heteroatoms. The van der Waals surface area contributed by atoms with Gasteiger partial charge in [-0.1, -0.05) is 6.07 Å². The van der Waals surface area contributed by atoms with E-state index in [2.05, 4.69) is 4.98 Å². The molecule has 1 amide bonds. The van der Waals surface area contributed by atoms with Crippen LogP contribution < -0.4 is 0 Å². The monoisotopic (exact) mass is 290 g/mol. The van der Waals surface area contributed by atoms with Crippen molar-refractivity contribution in [2.75, 3.05) is 19.8 Å². The summed E-state index contributed by atoms with van der Waals surface area (Å²) in [5.41, 5.74) is 0.113. The van der Waals surface area contributed by atoms with Crippen LogP contribution in [0.5, 0.6) is 0 Å². The standard InChI is InChI=1S/C15H18N2O4/c18-14(12-2-1-3-13(16-12)15(19)20)17(11-4-5-11)8-10-6-7-21-9-10/h1-3,10-11H,4-9H2,(H,19,20)/t10-/m0/s1. The molecule has 0 bridgehead atoms. The van der Waals surface area contributed by atoms with E-state index in [0.717, 1.165) is 25.9 Å². The maximum absolute atomic E-state index is 12.6. The predicted octanol–water partition coefficient (Wildman–Crippen LogP) is 1.42. The highest BCUT2D eigenvalue weighted by atomic mass is 16.5. The van der Waals surface area contributed by atoms with E-state index < -0.39 is 5.97 Å². The second-order valence-electron chi connectivity index (χ2n) is 5.63. The fourth-order valence-electron chi connectivity index (χ4n) is 2.61. The van der Waals surface area contributed by atoms with Crippen LogP contribution in [0.3, 0.4) is 0 Å². The Morgan fingerprint density at radius 3 is 2.67 bits per heavy atom. The Morgan fingerprint density at radius 2 is 2.05 bits per heavy atom. The average molecular weight is 290 g/mol. The van der Waals surface area contributed by atoms with Gasteiger partial charge in [0.1, 0.15) is 11.4 Å². The van der Waals surface area contributed by atoms with E-state index in [1.54, 1.807) is 12.1 Å². The van der Waals surface area contributed by atoms with Crippen molar-refractivity contribution in [2.45, 2.75) is 25.3 Å². The second kappa shape index (κ2) is 5.81. The summed E-state index contributed by atoms with van der Waals surface area (Å²) in [5, 5.41) is 8.98. The molecule has 1 aliphatic heterocycles. The molecule has 1 aromatic rings. The number of carbonyl (C=O) groups is 2. The minimum Gasteiger partial charge on any atom is -0.477 e. The van der Waals surface area contributed by atoms with Crippen molar-refractivity contribution in [1.29, 1.82) is 0 Å². The zero-order valence-corrected chi connectivity index (χ0v) is 11.7. The zero-order chi connectivity index (χ0) is 14.8. The molecule has 1 saturated heterocycles. The van der Waals surface area contributed by atoms with Gasteiger partial charge in [-0.25, -0.2) is 9.78 Å². The van der Waals surface area contributed by atoms with Gasteiger partial charge in [0.15, 0.2) is 0 Å². The number of pyridine rings is 1. The molecule has 0 spiro atoms. The molecule has 1 aromatic heterocycles. The molecule has 2 fully saturated rings. The molecular formula is C15H18N2O4. The number of carboxylic acids is 1. The molecular weight excluding hydrogens is 272 g/mol. The number of carbonyl (C=O) groups excluding carboxylic acids is 1. The van der Waals surface area contributed by atoms with Gasteiger partial charge in [-0.2, -0.15) is 0 Å². The van der Waals surface area contributed by atoms with Crippen LogP contribution in [0.1, 0.15) is 40.2 Å². The van der Waals surface area contributed by atoms with Crippen molar-refractivity contribution in [3.05, 3.63) is 29.6 Å². The van der Waals surface area contributed by atoms with Crippen molar-refractivity contribution in [2.24, 2.45) is 5.92 Å². The lowest BCUT2D eigenvalue weighted by Crippen LogP contribution is -2.38. The third-order valence-electron chi connectivity index (χ3n) is 3.91. The summed E-state index contributed by atoms with van der Waals surface area (Å²) in [6, 6.07) is 4.81. The van der Waals surface area contributed by atoms with Gasteiger partial charge in [-0.3, -0.25) is 4.79 Å². The number of nitrogens with zero attached hydrogens (tertiary/aromatic N) is 2. The number of aromatic carboxylic acids is 1. The van der Waals surface area contributed by atoms with Crippen LogP contribution in [0.15, 0.2) is 18.2 Å². The van der Waals surface area contributed by atoms with Crippen LogP contribution >= 0.6 is 0 Å². The Balaban J connectivity index is 1.77. The van der Waals surface area contributed by atoms with Gasteiger partial charge in [0.25, 0.3) is 5.91 Å². The fraction of sp³-hybridized carbons (Fsp3) is 0.533. The highest BCUT2D eigenvalue weighted by Crippen LogP contribution is 2.30.